The summed E-state index contributed by atoms with van der Waals surface area (Å²) < 4.78 is 11.9. The van der Waals surface area contributed by atoms with Crippen molar-refractivity contribution < 1.29 is 19.1 Å². The largest absolute Gasteiger partial charge is 0.461 e. The lowest BCUT2D eigenvalue weighted by Gasteiger charge is -2.06. The van der Waals surface area contributed by atoms with Crippen molar-refractivity contribution in [3.05, 3.63) is 24.3 Å². The molecule has 0 rings (SSSR count). The van der Waals surface area contributed by atoms with E-state index in [4.69, 9.17) is 33.9 Å². The molecule has 0 heterocycles. The van der Waals surface area contributed by atoms with E-state index in [0.717, 1.165) is 31.4 Å². The molecule has 0 radical (unpaired) electrons. The monoisotopic (exact) mass is 526 g/mol. The van der Waals surface area contributed by atoms with Crippen LogP contribution in [0.2, 0.25) is 0 Å². The Hall–Kier alpha value is -0.000000000000000167. The van der Waals surface area contributed by atoms with Crippen LogP contribution >= 0.6 is 71.5 Å². The second kappa shape index (κ2) is 19.7. The van der Waals surface area contributed by atoms with E-state index < -0.39 is 0 Å². The Kier molecular flexibility index (Phi) is 19.7. The molecule has 0 aliphatic rings. The maximum absolute atomic E-state index is 11.2. The van der Waals surface area contributed by atoms with Crippen LogP contribution in [0.15, 0.2) is 24.3 Å². The van der Waals surface area contributed by atoms with Gasteiger partial charge in [-0.1, -0.05) is 50.4 Å². The van der Waals surface area contributed by atoms with Gasteiger partial charge in [-0.05, 0) is 38.2 Å². The highest BCUT2D eigenvalue weighted by Crippen LogP contribution is 2.21. The van der Waals surface area contributed by atoms with Crippen LogP contribution < -0.4 is 0 Å². The average Bonchev–Trinajstić information content (AvgIpc) is 2.69. The molecule has 0 aliphatic heterocycles. The smallest absolute Gasteiger partial charge is 0.333 e. The minimum Gasteiger partial charge on any atom is -0.461 e. The van der Waals surface area contributed by atoms with Crippen molar-refractivity contribution in [2.75, 3.05) is 36.2 Å². The molecular weight excluding hydrogens is 497 g/mol. The van der Waals surface area contributed by atoms with Gasteiger partial charge in [-0.15, -0.1) is 47.0 Å². The second-order valence-electron chi connectivity index (χ2n) is 6.14. The number of rotatable bonds is 15. The number of thioether (sulfide) groups is 4. The molecule has 0 fully saturated rings. The molecule has 0 aliphatic carbocycles. The summed E-state index contributed by atoms with van der Waals surface area (Å²) in [5, 5.41) is 0. The summed E-state index contributed by atoms with van der Waals surface area (Å²) in [4.78, 5) is 22.5. The van der Waals surface area contributed by atoms with E-state index in [2.05, 4.69) is 13.2 Å². The number of ether oxygens (including phenoxy) is 2. The number of thiocarbonyl (C=S) groups is 2. The van der Waals surface area contributed by atoms with Gasteiger partial charge in [0, 0.05) is 22.7 Å². The Morgan fingerprint density at radius 3 is 1.33 bits per heavy atom. The summed E-state index contributed by atoms with van der Waals surface area (Å²) in [7, 11) is 0. The van der Waals surface area contributed by atoms with Crippen molar-refractivity contribution in [1.29, 1.82) is 0 Å². The van der Waals surface area contributed by atoms with Gasteiger partial charge in [-0.3, -0.25) is 0 Å². The molecule has 0 unspecified atom stereocenters. The maximum Gasteiger partial charge on any atom is 0.333 e. The van der Waals surface area contributed by atoms with Crippen LogP contribution in [0.5, 0.6) is 0 Å². The standard InChI is InChI=1S/C20H30O4S6/c1-15(2)17(21)23-9-13-29-19(25)27-11-7-5-6-8-12-28-20(26)30-14-10-24-18(22)16(3)4/h1,3,5-14H2,2,4H3. The zero-order valence-electron chi connectivity index (χ0n) is 17.6. The molecule has 0 aromatic heterocycles. The van der Waals surface area contributed by atoms with E-state index in [1.165, 1.54) is 12.8 Å². The van der Waals surface area contributed by atoms with Gasteiger partial charge >= 0.3 is 11.9 Å². The molecule has 0 saturated heterocycles. The van der Waals surface area contributed by atoms with Crippen molar-refractivity contribution in [2.45, 2.75) is 39.5 Å². The molecule has 0 bridgehead atoms. The van der Waals surface area contributed by atoms with Crippen LogP contribution in [-0.4, -0.2) is 55.2 Å². The fraction of sp³-hybridized carbons (Fsp3) is 0.600. The predicted octanol–water partition coefficient (Wildman–Crippen LogP) is 6.29. The fourth-order valence-corrected chi connectivity index (χ4v) is 6.08. The molecule has 170 valence electrons. The minimum absolute atomic E-state index is 0.351. The third-order valence-corrected chi connectivity index (χ3v) is 8.75. The van der Waals surface area contributed by atoms with Crippen LogP contribution in [-0.2, 0) is 19.1 Å². The molecule has 0 atom stereocenters. The molecule has 0 amide bonds. The number of unbranched alkanes of at least 4 members (excludes halogenated alkanes) is 3. The topological polar surface area (TPSA) is 52.6 Å². The van der Waals surface area contributed by atoms with Gasteiger partial charge in [0.2, 0.25) is 0 Å². The first-order valence-corrected chi connectivity index (χ1v) is 14.2. The Labute approximate surface area is 208 Å². The summed E-state index contributed by atoms with van der Waals surface area (Å²) in [5.74, 6) is 2.68. The molecular formula is C20H30O4S6. The summed E-state index contributed by atoms with van der Waals surface area (Å²) >= 11 is 17.1. The fourth-order valence-electron chi connectivity index (χ4n) is 1.72. The van der Waals surface area contributed by atoms with Crippen molar-refractivity contribution >= 4 is 90.5 Å². The predicted molar refractivity (Wildman–Crippen MR) is 145 cm³/mol. The summed E-state index contributed by atoms with van der Waals surface area (Å²) in [6, 6.07) is 0. The molecule has 30 heavy (non-hydrogen) atoms. The highest BCUT2D eigenvalue weighted by atomic mass is 32.2. The van der Waals surface area contributed by atoms with Gasteiger partial charge in [-0.25, -0.2) is 9.59 Å². The lowest BCUT2D eigenvalue weighted by molar-refractivity contribution is -0.139. The summed E-state index contributed by atoms with van der Waals surface area (Å²) in [6.45, 7) is 11.1. The third-order valence-electron chi connectivity index (χ3n) is 3.25. The van der Waals surface area contributed by atoms with Crippen molar-refractivity contribution in [2.24, 2.45) is 0 Å². The maximum atomic E-state index is 11.2. The molecule has 0 N–H and O–H groups in total. The zero-order valence-corrected chi connectivity index (χ0v) is 22.5. The van der Waals surface area contributed by atoms with Gasteiger partial charge in [-0.2, -0.15) is 0 Å². The lowest BCUT2D eigenvalue weighted by atomic mass is 10.2. The average molecular weight is 527 g/mol. The van der Waals surface area contributed by atoms with Crippen molar-refractivity contribution in [1.82, 2.24) is 0 Å². The number of esters is 2. The van der Waals surface area contributed by atoms with Crippen LogP contribution in [0, 0.1) is 0 Å². The molecule has 0 spiro atoms. The molecule has 0 aromatic rings. The normalized spacial score (nSPS) is 10.3. The van der Waals surface area contributed by atoms with Crippen molar-refractivity contribution in [3.63, 3.8) is 0 Å². The van der Waals surface area contributed by atoms with E-state index in [-0.39, 0.29) is 11.9 Å². The number of hydrogen-bond donors (Lipinski definition) is 0. The summed E-state index contributed by atoms with van der Waals surface area (Å²) in [5.41, 5.74) is 0.829. The van der Waals surface area contributed by atoms with Gasteiger partial charge in [0.05, 0.1) is 0 Å². The van der Waals surface area contributed by atoms with Crippen LogP contribution in [0.3, 0.4) is 0 Å². The minimum atomic E-state index is -0.351. The van der Waals surface area contributed by atoms with E-state index in [1.807, 2.05) is 0 Å². The first-order chi connectivity index (χ1) is 14.2. The molecule has 4 nitrogen and oxygen atoms in total. The second-order valence-corrected chi connectivity index (χ2v) is 12.9. The Balaban J connectivity index is 3.44. The number of hydrogen-bond acceptors (Lipinski definition) is 10. The van der Waals surface area contributed by atoms with Gasteiger partial charge in [0.1, 0.15) is 20.3 Å². The number of carbonyl (C=O) groups is 2. The Morgan fingerprint density at radius 2 is 1.00 bits per heavy atom. The number of carbonyl (C=O) groups excluding carboxylic acids is 2. The first-order valence-electron chi connectivity index (χ1n) is 9.48. The molecule has 0 aromatic carbocycles. The SMILES string of the molecule is C=C(C)C(=O)OCCSC(=S)SCCCCCCSC(=S)SCCOC(=O)C(=C)C. The zero-order chi connectivity index (χ0) is 22.8. The third kappa shape index (κ3) is 18.7. The highest BCUT2D eigenvalue weighted by molar-refractivity contribution is 8.47. The van der Waals surface area contributed by atoms with Crippen LogP contribution in [0.4, 0.5) is 0 Å². The quantitative estimate of drug-likeness (QED) is 0.105. The van der Waals surface area contributed by atoms with Crippen LogP contribution in [0.1, 0.15) is 39.5 Å². The molecule has 0 saturated carbocycles. The van der Waals surface area contributed by atoms with E-state index in [1.54, 1.807) is 60.9 Å². The highest BCUT2D eigenvalue weighted by Gasteiger charge is 2.05. The van der Waals surface area contributed by atoms with E-state index >= 15 is 0 Å². The first kappa shape index (κ1) is 30.0. The Bertz CT molecular complexity index is 554. The Morgan fingerprint density at radius 1 is 0.667 bits per heavy atom. The van der Waals surface area contributed by atoms with Crippen LogP contribution in [0.25, 0.3) is 0 Å². The summed E-state index contributed by atoms with van der Waals surface area (Å²) in [6.07, 6.45) is 4.61. The van der Waals surface area contributed by atoms with Crippen molar-refractivity contribution in [3.8, 4) is 0 Å². The molecule has 10 heteroatoms. The van der Waals surface area contributed by atoms with Gasteiger partial charge in [0.25, 0.3) is 0 Å². The lowest BCUT2D eigenvalue weighted by Crippen LogP contribution is -2.08. The van der Waals surface area contributed by atoms with Gasteiger partial charge in [0.15, 0.2) is 0 Å². The van der Waals surface area contributed by atoms with E-state index in [0.29, 0.717) is 35.9 Å². The van der Waals surface area contributed by atoms with E-state index in [9.17, 15) is 9.59 Å². The van der Waals surface area contributed by atoms with Gasteiger partial charge < -0.3 is 9.47 Å².